The Labute approximate surface area is 136 Å². The summed E-state index contributed by atoms with van der Waals surface area (Å²) in [4.78, 5) is 15.9. The molecule has 1 N–H and O–H groups in total. The molecule has 8 heteroatoms. The third kappa shape index (κ3) is 5.55. The van der Waals surface area contributed by atoms with Crippen LogP contribution in [-0.2, 0) is 4.79 Å². The lowest BCUT2D eigenvalue weighted by Gasteiger charge is -2.11. The number of aliphatic imine (C=N–C) groups is 1. The lowest BCUT2D eigenvalue weighted by molar-refractivity contribution is -0.115. The second-order valence-corrected chi connectivity index (χ2v) is 5.46. The van der Waals surface area contributed by atoms with Crippen molar-refractivity contribution in [3.8, 4) is 11.5 Å². The Morgan fingerprint density at radius 2 is 2.30 bits per heavy atom. The van der Waals surface area contributed by atoms with E-state index >= 15 is 0 Å². The van der Waals surface area contributed by atoms with Gasteiger partial charge in [-0.05, 0) is 30.7 Å². The van der Waals surface area contributed by atoms with Gasteiger partial charge in [-0.3, -0.25) is 9.79 Å². The van der Waals surface area contributed by atoms with Crippen LogP contribution in [0.3, 0.4) is 0 Å². The van der Waals surface area contributed by atoms with Gasteiger partial charge in [-0.25, -0.2) is 0 Å². The molecular weight excluding hydrogens is 326 g/mol. The average Bonchev–Trinajstić information content (AvgIpc) is 3.00. The predicted molar refractivity (Wildman–Crippen MR) is 86.2 cm³/mol. The highest BCUT2D eigenvalue weighted by atomic mass is 32.2. The fourth-order valence-electron chi connectivity index (χ4n) is 1.82. The first-order valence-electron chi connectivity index (χ1n) is 6.96. The van der Waals surface area contributed by atoms with Gasteiger partial charge >= 0.3 is 6.61 Å². The molecule has 0 radical (unpaired) electrons. The highest BCUT2D eigenvalue weighted by Crippen LogP contribution is 2.30. The van der Waals surface area contributed by atoms with Crippen molar-refractivity contribution >= 4 is 28.9 Å². The number of ether oxygens (including phenoxy) is 2. The highest BCUT2D eigenvalue weighted by Gasteiger charge is 2.11. The maximum absolute atomic E-state index is 12.3. The molecule has 0 aromatic heterocycles. The quantitative estimate of drug-likeness (QED) is 0.808. The average molecular weight is 342 g/mol. The summed E-state index contributed by atoms with van der Waals surface area (Å²) in [5.74, 6) is 0.720. The number of carbonyl (C=O) groups excluding carboxylic acids is 1. The number of alkyl halides is 2. The minimum Gasteiger partial charge on any atom is -0.490 e. The van der Waals surface area contributed by atoms with Gasteiger partial charge in [0, 0.05) is 11.8 Å². The standard InChI is InChI=1S/C15H16F2N2O3S/c1-2-21-12-9-10(3-5-11(12)22-14(16)17)4-6-13(20)19-15-18-7-8-23-15/h3-6,9,14H,2,7-8H2,1H3,(H,18,19,20)/b6-4+. The van der Waals surface area contributed by atoms with Crippen molar-refractivity contribution in [3.05, 3.63) is 29.8 Å². The number of nitrogens with zero attached hydrogens (tertiary/aromatic N) is 1. The molecule has 1 heterocycles. The van der Waals surface area contributed by atoms with Crippen molar-refractivity contribution in [2.24, 2.45) is 4.99 Å². The van der Waals surface area contributed by atoms with E-state index in [2.05, 4.69) is 15.0 Å². The Kier molecular flexibility index (Phi) is 6.40. The van der Waals surface area contributed by atoms with Crippen LogP contribution in [0, 0.1) is 0 Å². The third-order valence-electron chi connectivity index (χ3n) is 2.73. The van der Waals surface area contributed by atoms with Crippen LogP contribution < -0.4 is 14.8 Å². The number of rotatable bonds is 6. The maximum atomic E-state index is 12.3. The van der Waals surface area contributed by atoms with Gasteiger partial charge < -0.3 is 14.8 Å². The van der Waals surface area contributed by atoms with Crippen LogP contribution in [0.5, 0.6) is 11.5 Å². The molecule has 1 amide bonds. The largest absolute Gasteiger partial charge is 0.490 e. The number of halogens is 2. The van der Waals surface area contributed by atoms with Gasteiger partial charge in [-0.2, -0.15) is 8.78 Å². The van der Waals surface area contributed by atoms with Crippen LogP contribution in [0.4, 0.5) is 8.78 Å². The number of carbonyl (C=O) groups is 1. The van der Waals surface area contributed by atoms with Gasteiger partial charge in [0.1, 0.15) is 0 Å². The van der Waals surface area contributed by atoms with Crippen LogP contribution in [-0.4, -0.2) is 36.6 Å². The Balaban J connectivity index is 2.05. The summed E-state index contributed by atoms with van der Waals surface area (Å²) >= 11 is 1.49. The number of hydrogen-bond donors (Lipinski definition) is 1. The minimum atomic E-state index is -2.92. The molecule has 23 heavy (non-hydrogen) atoms. The van der Waals surface area contributed by atoms with E-state index in [9.17, 15) is 13.6 Å². The summed E-state index contributed by atoms with van der Waals surface area (Å²) in [5.41, 5.74) is 0.631. The van der Waals surface area contributed by atoms with E-state index in [4.69, 9.17) is 4.74 Å². The topological polar surface area (TPSA) is 59.9 Å². The Morgan fingerprint density at radius 1 is 1.48 bits per heavy atom. The van der Waals surface area contributed by atoms with Crippen LogP contribution in [0.25, 0.3) is 6.08 Å². The summed E-state index contributed by atoms with van der Waals surface area (Å²) in [6, 6.07) is 4.48. The Bertz CT molecular complexity index is 621. The molecule has 0 fully saturated rings. The molecule has 1 aliphatic rings. The number of amidine groups is 1. The molecule has 2 rings (SSSR count). The van der Waals surface area contributed by atoms with Gasteiger partial charge in [0.25, 0.3) is 0 Å². The highest BCUT2D eigenvalue weighted by molar-refractivity contribution is 8.14. The van der Waals surface area contributed by atoms with E-state index in [-0.39, 0.29) is 17.4 Å². The molecule has 0 saturated heterocycles. The normalized spacial score (nSPS) is 14.2. The fraction of sp³-hybridized carbons (Fsp3) is 0.333. The van der Waals surface area contributed by atoms with Crippen molar-refractivity contribution in [2.45, 2.75) is 13.5 Å². The summed E-state index contributed by atoms with van der Waals surface area (Å²) < 4.78 is 34.3. The van der Waals surface area contributed by atoms with Gasteiger partial charge in [0.05, 0.1) is 13.2 Å². The van der Waals surface area contributed by atoms with Gasteiger partial charge in [-0.15, -0.1) is 0 Å². The molecule has 0 unspecified atom stereocenters. The minimum absolute atomic E-state index is 0.0415. The summed E-state index contributed by atoms with van der Waals surface area (Å²) in [5, 5.41) is 3.27. The zero-order valence-electron chi connectivity index (χ0n) is 12.4. The van der Waals surface area contributed by atoms with Crippen LogP contribution in [0.2, 0.25) is 0 Å². The van der Waals surface area contributed by atoms with E-state index in [0.717, 1.165) is 5.75 Å². The van der Waals surface area contributed by atoms with E-state index in [0.29, 0.717) is 23.9 Å². The number of thioether (sulfide) groups is 1. The van der Waals surface area contributed by atoms with E-state index in [1.54, 1.807) is 19.1 Å². The van der Waals surface area contributed by atoms with Gasteiger partial charge in [-0.1, -0.05) is 17.8 Å². The summed E-state index contributed by atoms with van der Waals surface area (Å²) in [6.45, 7) is -0.175. The Morgan fingerprint density at radius 3 is 2.96 bits per heavy atom. The zero-order chi connectivity index (χ0) is 16.7. The molecular formula is C15H16F2N2O3S. The first-order chi connectivity index (χ1) is 11.1. The van der Waals surface area contributed by atoms with Gasteiger partial charge in [0.2, 0.25) is 5.91 Å². The van der Waals surface area contributed by atoms with Crippen LogP contribution in [0.15, 0.2) is 29.3 Å². The maximum Gasteiger partial charge on any atom is 0.387 e. The number of nitrogens with one attached hydrogen (secondary N) is 1. The molecule has 1 aromatic carbocycles. The van der Waals surface area contributed by atoms with Crippen molar-refractivity contribution in [1.29, 1.82) is 0 Å². The molecule has 0 saturated carbocycles. The number of amides is 1. The van der Waals surface area contributed by atoms with E-state index in [1.807, 2.05) is 0 Å². The smallest absolute Gasteiger partial charge is 0.387 e. The molecule has 5 nitrogen and oxygen atoms in total. The number of hydrogen-bond acceptors (Lipinski definition) is 5. The van der Waals surface area contributed by atoms with Crippen LogP contribution >= 0.6 is 11.8 Å². The summed E-state index contributed by atoms with van der Waals surface area (Å²) in [7, 11) is 0. The summed E-state index contributed by atoms with van der Waals surface area (Å²) in [6.07, 6.45) is 2.91. The first kappa shape index (κ1) is 17.3. The number of benzene rings is 1. The SMILES string of the molecule is CCOc1cc(/C=C/C(=O)NC2=NCCS2)ccc1OC(F)F. The lowest BCUT2D eigenvalue weighted by Crippen LogP contribution is -2.25. The van der Waals surface area contributed by atoms with Crippen molar-refractivity contribution in [2.75, 3.05) is 18.9 Å². The molecule has 124 valence electrons. The second kappa shape index (κ2) is 8.52. The Hall–Kier alpha value is -2.09. The lowest BCUT2D eigenvalue weighted by atomic mass is 10.2. The van der Waals surface area contributed by atoms with E-state index < -0.39 is 6.61 Å². The second-order valence-electron chi connectivity index (χ2n) is 4.38. The van der Waals surface area contributed by atoms with E-state index in [1.165, 1.54) is 30.0 Å². The molecule has 0 aliphatic carbocycles. The first-order valence-corrected chi connectivity index (χ1v) is 7.95. The molecule has 0 bridgehead atoms. The monoisotopic (exact) mass is 342 g/mol. The zero-order valence-corrected chi connectivity index (χ0v) is 13.2. The molecule has 1 aromatic rings. The fourth-order valence-corrected chi connectivity index (χ4v) is 2.55. The molecule has 0 atom stereocenters. The van der Waals surface area contributed by atoms with Gasteiger partial charge in [0.15, 0.2) is 16.7 Å². The van der Waals surface area contributed by atoms with Crippen molar-refractivity contribution in [1.82, 2.24) is 5.32 Å². The van der Waals surface area contributed by atoms with Crippen LogP contribution in [0.1, 0.15) is 12.5 Å². The molecule has 1 aliphatic heterocycles. The predicted octanol–water partition coefficient (Wildman–Crippen LogP) is 2.92. The molecule has 0 spiro atoms. The van der Waals surface area contributed by atoms with Crippen molar-refractivity contribution < 1.29 is 23.0 Å². The van der Waals surface area contributed by atoms with Crippen molar-refractivity contribution in [3.63, 3.8) is 0 Å². The third-order valence-corrected chi connectivity index (χ3v) is 3.62.